The second-order valence-corrected chi connectivity index (χ2v) is 5.79. The van der Waals surface area contributed by atoms with Crippen molar-refractivity contribution in [2.24, 2.45) is 4.99 Å². The standard InChI is InChI=1S/C15H27N5OS.HI/c1-13-16-9-6-14(20-13)12-19-15(17-7-4-10-21-2)18-8-5-11-22-3;/h6,9H,4-5,7-8,10-12H2,1-3H3,(H2,17,18,19);1H. The molecule has 1 aromatic rings. The van der Waals surface area contributed by atoms with Gasteiger partial charge < -0.3 is 15.4 Å². The Balaban J connectivity index is 0.00000484. The van der Waals surface area contributed by atoms with Crippen LogP contribution in [0.5, 0.6) is 0 Å². The minimum absolute atomic E-state index is 0. The topological polar surface area (TPSA) is 71.4 Å². The van der Waals surface area contributed by atoms with Crippen LogP contribution in [0.2, 0.25) is 0 Å². The zero-order valence-electron chi connectivity index (χ0n) is 14.2. The van der Waals surface area contributed by atoms with Gasteiger partial charge in [-0.1, -0.05) is 0 Å². The van der Waals surface area contributed by atoms with Crippen molar-refractivity contribution in [2.45, 2.75) is 26.3 Å². The molecule has 1 heterocycles. The quantitative estimate of drug-likeness (QED) is 0.245. The van der Waals surface area contributed by atoms with Crippen LogP contribution in [0.25, 0.3) is 0 Å². The first-order valence-corrected chi connectivity index (χ1v) is 8.94. The number of hydrogen-bond donors (Lipinski definition) is 2. The molecular formula is C15H28IN5OS. The molecule has 8 heteroatoms. The molecule has 0 aliphatic carbocycles. The van der Waals surface area contributed by atoms with E-state index in [1.165, 1.54) is 0 Å². The van der Waals surface area contributed by atoms with E-state index in [1.807, 2.05) is 24.8 Å². The van der Waals surface area contributed by atoms with Crippen LogP contribution in [0.1, 0.15) is 24.4 Å². The number of hydrogen-bond acceptors (Lipinski definition) is 5. The number of halogens is 1. The third kappa shape index (κ3) is 11.5. The Morgan fingerprint density at radius 2 is 2.04 bits per heavy atom. The summed E-state index contributed by atoms with van der Waals surface area (Å²) in [5.74, 6) is 2.75. The molecule has 0 amide bonds. The summed E-state index contributed by atoms with van der Waals surface area (Å²) in [4.78, 5) is 13.1. The van der Waals surface area contributed by atoms with Crippen molar-refractivity contribution < 1.29 is 4.74 Å². The van der Waals surface area contributed by atoms with Crippen molar-refractivity contribution in [3.8, 4) is 0 Å². The lowest BCUT2D eigenvalue weighted by Crippen LogP contribution is -2.38. The number of nitrogens with one attached hydrogen (secondary N) is 2. The van der Waals surface area contributed by atoms with Gasteiger partial charge in [0, 0.05) is 33.0 Å². The van der Waals surface area contributed by atoms with Gasteiger partial charge in [-0.25, -0.2) is 15.0 Å². The Bertz CT molecular complexity index is 434. The number of nitrogens with zero attached hydrogens (tertiary/aromatic N) is 3. The molecule has 0 spiro atoms. The van der Waals surface area contributed by atoms with Gasteiger partial charge in [-0.05, 0) is 37.8 Å². The maximum Gasteiger partial charge on any atom is 0.191 e. The Kier molecular flexibility index (Phi) is 14.6. The fourth-order valence-electron chi connectivity index (χ4n) is 1.77. The highest BCUT2D eigenvalue weighted by Crippen LogP contribution is 1.97. The van der Waals surface area contributed by atoms with Crippen molar-refractivity contribution in [1.82, 2.24) is 20.6 Å². The number of ether oxygens (including phenoxy) is 1. The fraction of sp³-hybridized carbons (Fsp3) is 0.667. The van der Waals surface area contributed by atoms with Gasteiger partial charge in [0.15, 0.2) is 5.96 Å². The third-order valence-corrected chi connectivity index (χ3v) is 3.57. The molecule has 0 unspecified atom stereocenters. The van der Waals surface area contributed by atoms with Gasteiger partial charge in [0.25, 0.3) is 0 Å². The number of aliphatic imine (C=N–C) groups is 1. The van der Waals surface area contributed by atoms with Crippen LogP contribution < -0.4 is 10.6 Å². The molecule has 2 N–H and O–H groups in total. The average Bonchev–Trinajstić information content (AvgIpc) is 2.52. The van der Waals surface area contributed by atoms with Crippen molar-refractivity contribution in [1.29, 1.82) is 0 Å². The van der Waals surface area contributed by atoms with Crippen LogP contribution in [0.4, 0.5) is 0 Å². The lowest BCUT2D eigenvalue weighted by molar-refractivity contribution is 0.195. The number of methoxy groups -OCH3 is 1. The first kappa shape index (κ1) is 22.4. The predicted molar refractivity (Wildman–Crippen MR) is 109 cm³/mol. The number of thioether (sulfide) groups is 1. The van der Waals surface area contributed by atoms with E-state index >= 15 is 0 Å². The van der Waals surface area contributed by atoms with Gasteiger partial charge in [0.05, 0.1) is 12.2 Å². The van der Waals surface area contributed by atoms with E-state index in [9.17, 15) is 0 Å². The summed E-state index contributed by atoms with van der Waals surface area (Å²) in [7, 11) is 1.72. The maximum absolute atomic E-state index is 5.06. The lowest BCUT2D eigenvalue weighted by atomic mass is 10.4. The van der Waals surface area contributed by atoms with E-state index in [1.54, 1.807) is 13.3 Å². The van der Waals surface area contributed by atoms with Crippen molar-refractivity contribution >= 4 is 41.7 Å². The molecular weight excluding hydrogens is 425 g/mol. The zero-order chi connectivity index (χ0) is 16.0. The summed E-state index contributed by atoms with van der Waals surface area (Å²) in [6, 6.07) is 1.90. The number of guanidine groups is 1. The van der Waals surface area contributed by atoms with Gasteiger partial charge in [-0.15, -0.1) is 24.0 Å². The van der Waals surface area contributed by atoms with E-state index in [-0.39, 0.29) is 24.0 Å². The van der Waals surface area contributed by atoms with Gasteiger partial charge in [0.1, 0.15) is 5.82 Å². The van der Waals surface area contributed by atoms with Crippen LogP contribution in [-0.2, 0) is 11.3 Å². The smallest absolute Gasteiger partial charge is 0.191 e. The van der Waals surface area contributed by atoms with Gasteiger partial charge >= 0.3 is 0 Å². The van der Waals surface area contributed by atoms with Crippen LogP contribution in [0.15, 0.2) is 17.3 Å². The van der Waals surface area contributed by atoms with Gasteiger partial charge in [-0.3, -0.25) is 0 Å². The summed E-state index contributed by atoms with van der Waals surface area (Å²) in [5.41, 5.74) is 0.926. The molecule has 0 fully saturated rings. The SMILES string of the molecule is COCCCNC(=NCc1ccnc(C)n1)NCCCSC.I. The molecule has 1 aromatic heterocycles. The Hall–Kier alpha value is -0.610. The fourth-order valence-corrected chi connectivity index (χ4v) is 2.21. The Labute approximate surface area is 160 Å². The Morgan fingerprint density at radius 1 is 1.30 bits per heavy atom. The lowest BCUT2D eigenvalue weighted by Gasteiger charge is -2.12. The third-order valence-electron chi connectivity index (χ3n) is 2.87. The molecule has 1 rings (SSSR count). The monoisotopic (exact) mass is 453 g/mol. The Morgan fingerprint density at radius 3 is 2.70 bits per heavy atom. The average molecular weight is 453 g/mol. The first-order valence-electron chi connectivity index (χ1n) is 7.55. The molecule has 0 bridgehead atoms. The zero-order valence-corrected chi connectivity index (χ0v) is 17.3. The van der Waals surface area contributed by atoms with Crippen molar-refractivity contribution in [2.75, 3.05) is 38.8 Å². The highest BCUT2D eigenvalue weighted by atomic mass is 127. The molecule has 0 aliphatic rings. The molecule has 0 aliphatic heterocycles. The van der Waals surface area contributed by atoms with Crippen LogP contribution in [-0.4, -0.2) is 54.7 Å². The predicted octanol–water partition coefficient (Wildman–Crippen LogP) is 2.23. The minimum Gasteiger partial charge on any atom is -0.385 e. The molecule has 0 atom stereocenters. The summed E-state index contributed by atoms with van der Waals surface area (Å²) in [6.07, 6.45) is 5.96. The van der Waals surface area contributed by atoms with E-state index < -0.39 is 0 Å². The largest absolute Gasteiger partial charge is 0.385 e. The molecule has 0 aromatic carbocycles. The van der Waals surface area contributed by atoms with Crippen LogP contribution in [0.3, 0.4) is 0 Å². The van der Waals surface area contributed by atoms with Crippen LogP contribution >= 0.6 is 35.7 Å². The number of aryl methyl sites for hydroxylation is 1. The normalized spacial score (nSPS) is 11.0. The summed E-state index contributed by atoms with van der Waals surface area (Å²) < 4.78 is 5.06. The molecule has 0 saturated carbocycles. The van der Waals surface area contributed by atoms with Crippen molar-refractivity contribution in [3.63, 3.8) is 0 Å². The highest BCUT2D eigenvalue weighted by molar-refractivity contribution is 14.0. The molecule has 0 saturated heterocycles. The van der Waals surface area contributed by atoms with Gasteiger partial charge in [-0.2, -0.15) is 11.8 Å². The summed E-state index contributed by atoms with van der Waals surface area (Å²) in [6.45, 7) is 4.94. The van der Waals surface area contributed by atoms with E-state index in [0.717, 1.165) is 55.8 Å². The number of rotatable bonds is 10. The molecule has 6 nitrogen and oxygen atoms in total. The van der Waals surface area contributed by atoms with E-state index in [4.69, 9.17) is 4.74 Å². The van der Waals surface area contributed by atoms with Crippen LogP contribution in [0, 0.1) is 6.92 Å². The number of aromatic nitrogens is 2. The van der Waals surface area contributed by atoms with E-state index in [0.29, 0.717) is 6.54 Å². The first-order chi connectivity index (χ1) is 10.8. The molecule has 132 valence electrons. The second kappa shape index (κ2) is 14.9. The van der Waals surface area contributed by atoms with Crippen molar-refractivity contribution in [3.05, 3.63) is 23.8 Å². The maximum atomic E-state index is 5.06. The highest BCUT2D eigenvalue weighted by Gasteiger charge is 2.00. The molecule has 0 radical (unpaired) electrons. The molecule has 23 heavy (non-hydrogen) atoms. The second-order valence-electron chi connectivity index (χ2n) is 4.81. The van der Waals surface area contributed by atoms with E-state index in [2.05, 4.69) is 31.8 Å². The summed E-state index contributed by atoms with van der Waals surface area (Å²) >= 11 is 1.86. The minimum atomic E-state index is 0. The summed E-state index contributed by atoms with van der Waals surface area (Å²) in [5, 5.41) is 6.68. The van der Waals surface area contributed by atoms with Gasteiger partial charge in [0.2, 0.25) is 0 Å².